The molecule has 3 rings (SSSR count). The van der Waals surface area contributed by atoms with Gasteiger partial charge in [-0.1, -0.05) is 26.0 Å². The number of benzene rings is 1. The van der Waals surface area contributed by atoms with E-state index >= 15 is 0 Å². The molecule has 2 aromatic rings. The highest BCUT2D eigenvalue weighted by atomic mass is 32.1. The number of carbonyl (C=O) groups excluding carboxylic acids is 1. The summed E-state index contributed by atoms with van der Waals surface area (Å²) in [6.45, 7) is 12.6. The Morgan fingerprint density at radius 1 is 1.11 bits per heavy atom. The van der Waals surface area contributed by atoms with E-state index < -0.39 is 0 Å². The van der Waals surface area contributed by atoms with Crippen LogP contribution in [-0.4, -0.2) is 49.7 Å². The molecule has 0 radical (unpaired) electrons. The number of para-hydroxylation sites is 1. The number of quaternary nitrogens is 2. The molecular formula is C21H34N4OS+2. The molecule has 1 aliphatic heterocycles. The Morgan fingerprint density at radius 2 is 1.81 bits per heavy atom. The van der Waals surface area contributed by atoms with Crippen molar-refractivity contribution in [3.8, 4) is 0 Å². The lowest BCUT2D eigenvalue weighted by Crippen LogP contribution is -3.28. The van der Waals surface area contributed by atoms with Gasteiger partial charge in [0.1, 0.15) is 37.7 Å². The quantitative estimate of drug-likeness (QED) is 0.616. The summed E-state index contributed by atoms with van der Waals surface area (Å²) < 4.78 is 1.28. The number of rotatable bonds is 8. The Morgan fingerprint density at radius 3 is 2.52 bits per heavy atom. The molecule has 148 valence electrons. The van der Waals surface area contributed by atoms with Crippen LogP contribution in [0, 0.1) is 5.92 Å². The molecule has 1 amide bonds. The highest BCUT2D eigenvalue weighted by molar-refractivity contribution is 7.18. The SMILES string of the molecule is CC(C)CC[C@H](C)NC(=O)C[NH+]1CC[NH+](Cc2nc3ccccc3s2)CC1. The molecule has 0 spiro atoms. The lowest BCUT2D eigenvalue weighted by Gasteiger charge is -2.29. The molecule has 1 saturated heterocycles. The highest BCUT2D eigenvalue weighted by Crippen LogP contribution is 2.20. The van der Waals surface area contributed by atoms with Gasteiger partial charge in [0.05, 0.1) is 10.2 Å². The number of carbonyl (C=O) groups is 1. The van der Waals surface area contributed by atoms with Gasteiger partial charge in [-0.3, -0.25) is 4.79 Å². The van der Waals surface area contributed by atoms with Crippen LogP contribution in [0.2, 0.25) is 0 Å². The van der Waals surface area contributed by atoms with E-state index in [9.17, 15) is 4.79 Å². The van der Waals surface area contributed by atoms with Gasteiger partial charge in [0.2, 0.25) is 0 Å². The Bertz CT molecular complexity index is 704. The molecule has 27 heavy (non-hydrogen) atoms. The van der Waals surface area contributed by atoms with E-state index in [0.717, 1.165) is 44.7 Å². The standard InChI is InChI=1S/C21H32N4OS/c1-16(2)8-9-17(3)22-20(26)14-24-10-12-25(13-11-24)15-21-23-18-6-4-5-7-19(18)27-21/h4-7,16-17H,8-15H2,1-3H3,(H,22,26)/p+2/t17-/m0/s1. The van der Waals surface area contributed by atoms with Crippen LogP contribution in [0.15, 0.2) is 24.3 Å². The van der Waals surface area contributed by atoms with Crippen molar-refractivity contribution >= 4 is 27.5 Å². The van der Waals surface area contributed by atoms with Gasteiger partial charge in [-0.05, 0) is 37.8 Å². The Kier molecular flexibility index (Phi) is 7.21. The van der Waals surface area contributed by atoms with Crippen LogP contribution in [0.5, 0.6) is 0 Å². The summed E-state index contributed by atoms with van der Waals surface area (Å²) in [5.41, 5.74) is 1.12. The summed E-state index contributed by atoms with van der Waals surface area (Å²) in [4.78, 5) is 20.1. The summed E-state index contributed by atoms with van der Waals surface area (Å²) in [5.74, 6) is 0.900. The van der Waals surface area contributed by atoms with Crippen molar-refractivity contribution in [3.63, 3.8) is 0 Å². The van der Waals surface area contributed by atoms with E-state index in [1.54, 1.807) is 4.90 Å². The molecule has 3 N–H and O–H groups in total. The molecule has 6 heteroatoms. The number of hydrogen-bond donors (Lipinski definition) is 3. The van der Waals surface area contributed by atoms with Crippen LogP contribution in [0.1, 0.15) is 38.6 Å². The number of amides is 1. The van der Waals surface area contributed by atoms with Crippen molar-refractivity contribution in [2.24, 2.45) is 5.92 Å². The van der Waals surface area contributed by atoms with Crippen molar-refractivity contribution < 1.29 is 14.6 Å². The molecule has 1 fully saturated rings. The fourth-order valence-electron chi connectivity index (χ4n) is 3.73. The Hall–Kier alpha value is -1.50. The molecule has 0 bridgehead atoms. The first-order valence-corrected chi connectivity index (χ1v) is 11.1. The van der Waals surface area contributed by atoms with Crippen molar-refractivity contribution in [2.75, 3.05) is 32.7 Å². The second kappa shape index (κ2) is 9.62. The number of aromatic nitrogens is 1. The maximum absolute atomic E-state index is 12.3. The van der Waals surface area contributed by atoms with Crippen LogP contribution in [0.4, 0.5) is 0 Å². The molecular weight excluding hydrogens is 356 g/mol. The number of fused-ring (bicyclic) bond motifs is 1. The first-order valence-electron chi connectivity index (χ1n) is 10.3. The summed E-state index contributed by atoms with van der Waals surface area (Å²) in [7, 11) is 0. The lowest BCUT2D eigenvalue weighted by molar-refractivity contribution is -1.02. The number of hydrogen-bond acceptors (Lipinski definition) is 3. The van der Waals surface area contributed by atoms with Gasteiger partial charge in [0.25, 0.3) is 5.91 Å². The van der Waals surface area contributed by atoms with Gasteiger partial charge in [-0.15, -0.1) is 11.3 Å². The van der Waals surface area contributed by atoms with Crippen molar-refractivity contribution in [2.45, 2.75) is 46.2 Å². The summed E-state index contributed by atoms with van der Waals surface area (Å²) >= 11 is 1.81. The number of nitrogens with one attached hydrogen (secondary N) is 3. The third-order valence-electron chi connectivity index (χ3n) is 5.40. The van der Waals surface area contributed by atoms with Gasteiger partial charge in [-0.25, -0.2) is 4.98 Å². The normalized spacial score (nSPS) is 21.5. The maximum Gasteiger partial charge on any atom is 0.275 e. The average molecular weight is 391 g/mol. The van der Waals surface area contributed by atoms with Gasteiger partial charge in [-0.2, -0.15) is 0 Å². The van der Waals surface area contributed by atoms with Crippen LogP contribution in [0.25, 0.3) is 10.2 Å². The second-order valence-electron chi connectivity index (χ2n) is 8.37. The summed E-state index contributed by atoms with van der Waals surface area (Å²) in [5, 5.41) is 4.40. The third kappa shape index (κ3) is 6.26. The first-order chi connectivity index (χ1) is 13.0. The summed E-state index contributed by atoms with van der Waals surface area (Å²) in [6, 6.07) is 8.65. The third-order valence-corrected chi connectivity index (χ3v) is 6.43. The smallest absolute Gasteiger partial charge is 0.275 e. The van der Waals surface area contributed by atoms with E-state index in [-0.39, 0.29) is 11.9 Å². The molecule has 5 nitrogen and oxygen atoms in total. The fourth-order valence-corrected chi connectivity index (χ4v) is 4.77. The van der Waals surface area contributed by atoms with Crippen LogP contribution < -0.4 is 15.1 Å². The van der Waals surface area contributed by atoms with Crippen LogP contribution in [0.3, 0.4) is 0 Å². The van der Waals surface area contributed by atoms with E-state index in [0.29, 0.717) is 12.5 Å². The fraction of sp³-hybridized carbons (Fsp3) is 0.619. The Balaban J connectivity index is 1.39. The number of nitrogens with zero attached hydrogens (tertiary/aromatic N) is 1. The predicted molar refractivity (Wildman–Crippen MR) is 111 cm³/mol. The molecule has 0 aliphatic carbocycles. The molecule has 1 aromatic heterocycles. The minimum absolute atomic E-state index is 0.205. The monoisotopic (exact) mass is 390 g/mol. The van der Waals surface area contributed by atoms with Crippen molar-refractivity contribution in [3.05, 3.63) is 29.3 Å². The first kappa shape index (κ1) is 20.2. The molecule has 1 aromatic carbocycles. The lowest BCUT2D eigenvalue weighted by atomic mass is 10.0. The van der Waals surface area contributed by atoms with Crippen LogP contribution >= 0.6 is 11.3 Å². The van der Waals surface area contributed by atoms with Gasteiger partial charge in [0.15, 0.2) is 6.54 Å². The van der Waals surface area contributed by atoms with Gasteiger partial charge >= 0.3 is 0 Å². The predicted octanol–water partition coefficient (Wildman–Crippen LogP) is 0.521. The molecule has 0 saturated carbocycles. The van der Waals surface area contributed by atoms with E-state index in [4.69, 9.17) is 4.98 Å². The van der Waals surface area contributed by atoms with Crippen molar-refractivity contribution in [1.82, 2.24) is 10.3 Å². The highest BCUT2D eigenvalue weighted by Gasteiger charge is 2.26. The van der Waals surface area contributed by atoms with E-state index in [1.165, 1.54) is 21.0 Å². The minimum atomic E-state index is 0.205. The minimum Gasteiger partial charge on any atom is -0.349 e. The van der Waals surface area contributed by atoms with E-state index in [2.05, 4.69) is 50.4 Å². The largest absolute Gasteiger partial charge is 0.349 e. The summed E-state index contributed by atoms with van der Waals surface area (Å²) in [6.07, 6.45) is 2.24. The zero-order chi connectivity index (χ0) is 19.2. The average Bonchev–Trinajstić information content (AvgIpc) is 3.04. The zero-order valence-corrected chi connectivity index (χ0v) is 17.7. The molecule has 0 unspecified atom stereocenters. The Labute approximate surface area is 166 Å². The number of thiazole rings is 1. The van der Waals surface area contributed by atoms with Crippen LogP contribution in [-0.2, 0) is 11.3 Å². The van der Waals surface area contributed by atoms with Gasteiger partial charge < -0.3 is 15.1 Å². The molecule has 2 heterocycles. The molecule has 1 aliphatic rings. The second-order valence-corrected chi connectivity index (χ2v) is 9.48. The van der Waals surface area contributed by atoms with Crippen molar-refractivity contribution in [1.29, 1.82) is 0 Å². The van der Waals surface area contributed by atoms with Gasteiger partial charge in [0, 0.05) is 6.04 Å². The topological polar surface area (TPSA) is 50.9 Å². The zero-order valence-electron chi connectivity index (χ0n) is 16.9. The van der Waals surface area contributed by atoms with E-state index in [1.807, 2.05) is 11.3 Å². The maximum atomic E-state index is 12.3. The number of piperazine rings is 1. The molecule has 1 atom stereocenters.